The van der Waals surface area contributed by atoms with Gasteiger partial charge in [-0.2, -0.15) is 0 Å². The Balaban J connectivity index is 1.78. The zero-order valence-electron chi connectivity index (χ0n) is 10.6. The Morgan fingerprint density at radius 3 is 2.55 bits per heavy atom. The normalized spacial score (nSPS) is 13.4. The van der Waals surface area contributed by atoms with E-state index in [0.29, 0.717) is 11.5 Å². The first-order valence-electron chi connectivity index (χ1n) is 6.08. The van der Waals surface area contributed by atoms with Crippen LogP contribution in [0, 0.1) is 0 Å². The molecule has 6 heteroatoms. The molecule has 0 saturated heterocycles. The average molecular weight is 291 g/mol. The molecule has 1 aliphatic heterocycles. The maximum Gasteiger partial charge on any atom is 0.241 e. The highest BCUT2D eigenvalue weighted by Gasteiger charge is 2.19. The van der Waals surface area contributed by atoms with Crippen LogP contribution in [0.1, 0.15) is 5.56 Å². The number of rotatable bonds is 4. The van der Waals surface area contributed by atoms with Crippen molar-refractivity contribution in [3.63, 3.8) is 0 Å². The molecule has 0 unspecified atom stereocenters. The van der Waals surface area contributed by atoms with Crippen molar-refractivity contribution in [2.75, 3.05) is 6.79 Å². The summed E-state index contributed by atoms with van der Waals surface area (Å²) < 4.78 is 37.3. The summed E-state index contributed by atoms with van der Waals surface area (Å²) in [6.45, 7) is 0.369. The summed E-state index contributed by atoms with van der Waals surface area (Å²) >= 11 is 0. The van der Waals surface area contributed by atoms with Gasteiger partial charge in [0.2, 0.25) is 16.8 Å². The van der Waals surface area contributed by atoms with E-state index in [1.807, 2.05) is 30.3 Å². The first kappa shape index (κ1) is 13.0. The van der Waals surface area contributed by atoms with Gasteiger partial charge in [-0.05, 0) is 17.7 Å². The Morgan fingerprint density at radius 1 is 1.00 bits per heavy atom. The van der Waals surface area contributed by atoms with Crippen molar-refractivity contribution in [3.8, 4) is 11.5 Å². The largest absolute Gasteiger partial charge is 0.454 e. The molecule has 20 heavy (non-hydrogen) atoms. The maximum atomic E-state index is 12.2. The standard InChI is InChI=1S/C14H13NO4S/c16-20(17,15-9-11-4-2-1-3-5-11)12-6-7-13-14(8-12)19-10-18-13/h1-8,15H,9-10H2. The van der Waals surface area contributed by atoms with Crippen LogP contribution in [-0.4, -0.2) is 15.2 Å². The van der Waals surface area contributed by atoms with Gasteiger partial charge in [0, 0.05) is 12.6 Å². The quantitative estimate of drug-likeness (QED) is 0.934. The van der Waals surface area contributed by atoms with Gasteiger partial charge in [-0.1, -0.05) is 30.3 Å². The Bertz CT molecular complexity index is 713. The second kappa shape index (κ2) is 5.15. The SMILES string of the molecule is O=S(=O)(NCc1ccccc1)c1ccc2c(c1)OCO2. The molecule has 0 aromatic heterocycles. The summed E-state index contributed by atoms with van der Waals surface area (Å²) in [6, 6.07) is 13.9. The fourth-order valence-electron chi connectivity index (χ4n) is 1.90. The van der Waals surface area contributed by atoms with Crippen molar-refractivity contribution in [3.05, 3.63) is 54.1 Å². The molecule has 0 atom stereocenters. The fraction of sp³-hybridized carbons (Fsp3) is 0.143. The van der Waals surface area contributed by atoms with Crippen LogP contribution in [-0.2, 0) is 16.6 Å². The van der Waals surface area contributed by atoms with E-state index in [4.69, 9.17) is 9.47 Å². The van der Waals surface area contributed by atoms with E-state index in [9.17, 15) is 8.42 Å². The van der Waals surface area contributed by atoms with Crippen molar-refractivity contribution in [1.82, 2.24) is 4.72 Å². The van der Waals surface area contributed by atoms with Crippen molar-refractivity contribution >= 4 is 10.0 Å². The molecule has 1 N–H and O–H groups in total. The minimum absolute atomic E-state index is 0.121. The van der Waals surface area contributed by atoms with Crippen LogP contribution in [0.25, 0.3) is 0 Å². The molecule has 0 aliphatic carbocycles. The monoisotopic (exact) mass is 291 g/mol. The predicted molar refractivity (Wildman–Crippen MR) is 73.0 cm³/mol. The van der Waals surface area contributed by atoms with Gasteiger partial charge < -0.3 is 9.47 Å². The summed E-state index contributed by atoms with van der Waals surface area (Å²) in [5, 5.41) is 0. The van der Waals surface area contributed by atoms with E-state index in [1.165, 1.54) is 12.1 Å². The molecule has 5 nitrogen and oxygen atoms in total. The third-order valence-corrected chi connectivity index (χ3v) is 4.36. The first-order chi connectivity index (χ1) is 9.65. The Labute approximate surface area is 117 Å². The second-order valence-electron chi connectivity index (χ2n) is 4.33. The Hall–Kier alpha value is -2.05. The number of nitrogens with one attached hydrogen (secondary N) is 1. The average Bonchev–Trinajstić information content (AvgIpc) is 2.94. The lowest BCUT2D eigenvalue weighted by molar-refractivity contribution is 0.174. The first-order valence-corrected chi connectivity index (χ1v) is 7.57. The molecule has 0 saturated carbocycles. The molecule has 1 aliphatic rings. The van der Waals surface area contributed by atoms with Gasteiger partial charge in [-0.25, -0.2) is 13.1 Å². The smallest absolute Gasteiger partial charge is 0.241 e. The van der Waals surface area contributed by atoms with Crippen LogP contribution in [0.15, 0.2) is 53.4 Å². The van der Waals surface area contributed by atoms with Gasteiger partial charge in [0.15, 0.2) is 11.5 Å². The minimum atomic E-state index is -3.57. The van der Waals surface area contributed by atoms with E-state index in [2.05, 4.69) is 4.72 Å². The Kier molecular flexibility index (Phi) is 3.33. The van der Waals surface area contributed by atoms with Gasteiger partial charge in [-0.3, -0.25) is 0 Å². The number of benzene rings is 2. The van der Waals surface area contributed by atoms with Crippen molar-refractivity contribution in [1.29, 1.82) is 0 Å². The molecule has 0 spiro atoms. The fourth-order valence-corrected chi connectivity index (χ4v) is 2.93. The number of sulfonamides is 1. The van der Waals surface area contributed by atoms with Crippen LogP contribution in [0.5, 0.6) is 11.5 Å². The van der Waals surface area contributed by atoms with Gasteiger partial charge in [0.25, 0.3) is 0 Å². The molecule has 2 aromatic carbocycles. The van der Waals surface area contributed by atoms with E-state index in [0.717, 1.165) is 5.56 Å². The van der Waals surface area contributed by atoms with Crippen LogP contribution in [0.2, 0.25) is 0 Å². The lowest BCUT2D eigenvalue weighted by atomic mass is 10.2. The number of hydrogen-bond acceptors (Lipinski definition) is 4. The zero-order chi connectivity index (χ0) is 14.0. The van der Waals surface area contributed by atoms with Gasteiger partial charge >= 0.3 is 0 Å². The van der Waals surface area contributed by atoms with E-state index >= 15 is 0 Å². The van der Waals surface area contributed by atoms with Gasteiger partial charge in [-0.15, -0.1) is 0 Å². The molecule has 0 fully saturated rings. The molecule has 0 amide bonds. The molecular formula is C14H13NO4S. The third-order valence-electron chi connectivity index (χ3n) is 2.96. The van der Waals surface area contributed by atoms with Crippen molar-refractivity contribution < 1.29 is 17.9 Å². The number of ether oxygens (including phenoxy) is 2. The Morgan fingerprint density at radius 2 is 1.75 bits per heavy atom. The van der Waals surface area contributed by atoms with Crippen LogP contribution in [0.3, 0.4) is 0 Å². The topological polar surface area (TPSA) is 64.6 Å². The number of hydrogen-bond donors (Lipinski definition) is 1. The lowest BCUT2D eigenvalue weighted by Crippen LogP contribution is -2.23. The summed E-state index contributed by atoms with van der Waals surface area (Å²) in [5.41, 5.74) is 0.900. The van der Waals surface area contributed by atoms with Gasteiger partial charge in [0.05, 0.1) is 4.90 Å². The summed E-state index contributed by atoms with van der Waals surface area (Å²) in [5.74, 6) is 1.01. The van der Waals surface area contributed by atoms with Crippen molar-refractivity contribution in [2.24, 2.45) is 0 Å². The highest BCUT2D eigenvalue weighted by atomic mass is 32.2. The van der Waals surface area contributed by atoms with Crippen LogP contribution in [0.4, 0.5) is 0 Å². The van der Waals surface area contributed by atoms with Gasteiger partial charge in [0.1, 0.15) is 0 Å². The summed E-state index contributed by atoms with van der Waals surface area (Å²) in [6.07, 6.45) is 0. The lowest BCUT2D eigenvalue weighted by Gasteiger charge is -2.07. The van der Waals surface area contributed by atoms with E-state index in [1.54, 1.807) is 6.07 Å². The third kappa shape index (κ3) is 2.61. The highest BCUT2D eigenvalue weighted by molar-refractivity contribution is 7.89. The summed E-state index contributed by atoms with van der Waals surface area (Å²) in [7, 11) is -3.57. The van der Waals surface area contributed by atoms with Crippen LogP contribution < -0.4 is 14.2 Å². The molecule has 104 valence electrons. The van der Waals surface area contributed by atoms with Crippen LogP contribution >= 0.6 is 0 Å². The second-order valence-corrected chi connectivity index (χ2v) is 6.09. The predicted octanol–water partition coefficient (Wildman–Crippen LogP) is 1.89. The van der Waals surface area contributed by atoms with Crippen molar-refractivity contribution in [2.45, 2.75) is 11.4 Å². The summed E-state index contributed by atoms with van der Waals surface area (Å²) in [4.78, 5) is 0.165. The highest BCUT2D eigenvalue weighted by Crippen LogP contribution is 2.33. The molecule has 0 bridgehead atoms. The molecule has 2 aromatic rings. The molecule has 3 rings (SSSR count). The molecule has 1 heterocycles. The molecular weight excluding hydrogens is 278 g/mol. The molecule has 0 radical (unpaired) electrons. The van der Waals surface area contributed by atoms with E-state index < -0.39 is 10.0 Å². The minimum Gasteiger partial charge on any atom is -0.454 e. The number of fused-ring (bicyclic) bond motifs is 1. The maximum absolute atomic E-state index is 12.2. The van der Waals surface area contributed by atoms with E-state index in [-0.39, 0.29) is 18.2 Å². The zero-order valence-corrected chi connectivity index (χ0v) is 11.4.